The Morgan fingerprint density at radius 3 is 2.28 bits per heavy atom. The molecule has 0 aliphatic heterocycles. The number of rotatable bonds is 5. The maximum atomic E-state index is 12.6. The fraction of sp³-hybridized carbons (Fsp3) is 0.538. The third-order valence-electron chi connectivity index (χ3n) is 2.63. The number of hydrogen-bond donors (Lipinski definition) is 1. The van der Waals surface area contributed by atoms with Gasteiger partial charge in [-0.3, -0.25) is 0 Å². The van der Waals surface area contributed by atoms with Crippen LogP contribution in [0.4, 0.5) is 17.6 Å². The Bertz CT molecular complexity index is 387. The van der Waals surface area contributed by atoms with Crippen molar-refractivity contribution < 1.29 is 22.7 Å². The molecule has 1 aromatic rings. The van der Waals surface area contributed by atoms with Crippen molar-refractivity contribution in [1.82, 2.24) is 0 Å². The minimum Gasteiger partial charge on any atom is -0.393 e. The van der Waals surface area contributed by atoms with E-state index in [4.69, 9.17) is 0 Å². The molecule has 1 aromatic carbocycles. The van der Waals surface area contributed by atoms with Crippen molar-refractivity contribution in [2.75, 3.05) is 0 Å². The molecular formula is C13H16F4O. The van der Waals surface area contributed by atoms with Crippen molar-refractivity contribution in [3.63, 3.8) is 0 Å². The fourth-order valence-electron chi connectivity index (χ4n) is 1.83. The topological polar surface area (TPSA) is 20.2 Å². The van der Waals surface area contributed by atoms with E-state index < -0.39 is 24.5 Å². The fourth-order valence-corrected chi connectivity index (χ4v) is 1.83. The molecule has 0 aromatic heterocycles. The monoisotopic (exact) mass is 264 g/mol. The first-order valence-corrected chi connectivity index (χ1v) is 5.81. The van der Waals surface area contributed by atoms with Gasteiger partial charge in [-0.25, -0.2) is 4.39 Å². The molecule has 0 saturated heterocycles. The second-order valence-corrected chi connectivity index (χ2v) is 4.32. The molecule has 0 bridgehead atoms. The van der Waals surface area contributed by atoms with Gasteiger partial charge in [-0.2, -0.15) is 13.2 Å². The number of alkyl halides is 4. The first-order chi connectivity index (χ1) is 8.36. The van der Waals surface area contributed by atoms with Crippen molar-refractivity contribution in [2.24, 2.45) is 0 Å². The van der Waals surface area contributed by atoms with Crippen LogP contribution in [0.3, 0.4) is 0 Å². The zero-order valence-electron chi connectivity index (χ0n) is 10.1. The third-order valence-corrected chi connectivity index (χ3v) is 2.63. The predicted molar refractivity (Wildman–Crippen MR) is 60.9 cm³/mol. The number of benzene rings is 1. The average molecular weight is 264 g/mol. The van der Waals surface area contributed by atoms with Gasteiger partial charge in [-0.05, 0) is 36.1 Å². The summed E-state index contributed by atoms with van der Waals surface area (Å²) in [5, 5.41) is 9.58. The summed E-state index contributed by atoms with van der Waals surface area (Å²) in [6.45, 7) is 0.934. The van der Waals surface area contributed by atoms with Gasteiger partial charge in [0.15, 0.2) is 0 Å². The van der Waals surface area contributed by atoms with E-state index in [0.717, 1.165) is 18.6 Å². The molecule has 1 rings (SSSR count). The van der Waals surface area contributed by atoms with Crippen LogP contribution in [0.25, 0.3) is 0 Å². The highest BCUT2D eigenvalue weighted by Gasteiger charge is 2.31. The van der Waals surface area contributed by atoms with Crippen LogP contribution in [-0.2, 0) is 19.3 Å². The molecule has 1 unspecified atom stereocenters. The maximum Gasteiger partial charge on any atom is 0.416 e. The molecule has 0 aliphatic carbocycles. The summed E-state index contributed by atoms with van der Waals surface area (Å²) in [6, 6.07) is 3.14. The highest BCUT2D eigenvalue weighted by atomic mass is 19.4. The molecule has 18 heavy (non-hydrogen) atoms. The van der Waals surface area contributed by atoms with E-state index in [1.165, 1.54) is 6.07 Å². The van der Waals surface area contributed by atoms with Gasteiger partial charge in [0.2, 0.25) is 0 Å². The maximum absolute atomic E-state index is 12.6. The van der Waals surface area contributed by atoms with E-state index in [0.29, 0.717) is 12.0 Å². The number of aliphatic hydroxyl groups excluding tert-OH is 1. The van der Waals surface area contributed by atoms with E-state index in [2.05, 4.69) is 0 Å². The second-order valence-electron chi connectivity index (χ2n) is 4.32. The Hall–Kier alpha value is -1.10. The lowest BCUT2D eigenvalue weighted by Gasteiger charge is -2.13. The van der Waals surface area contributed by atoms with Gasteiger partial charge in [-0.15, -0.1) is 0 Å². The Balaban J connectivity index is 2.97. The summed E-state index contributed by atoms with van der Waals surface area (Å²) < 4.78 is 50.3. The summed E-state index contributed by atoms with van der Waals surface area (Å²) in [5.74, 6) is 0. The smallest absolute Gasteiger partial charge is 0.393 e. The lowest BCUT2D eigenvalue weighted by atomic mass is 9.99. The summed E-state index contributed by atoms with van der Waals surface area (Å²) in [7, 11) is 0. The Kier molecular flexibility index (Phi) is 5.14. The van der Waals surface area contributed by atoms with Crippen LogP contribution in [-0.4, -0.2) is 11.2 Å². The molecule has 0 fully saturated rings. The van der Waals surface area contributed by atoms with Gasteiger partial charge in [0.25, 0.3) is 0 Å². The van der Waals surface area contributed by atoms with Crippen LogP contribution in [0.1, 0.15) is 36.5 Å². The molecule has 1 atom stereocenters. The number of aliphatic hydroxyl groups is 1. The molecule has 0 radical (unpaired) electrons. The molecule has 0 aliphatic rings. The highest BCUT2D eigenvalue weighted by Crippen LogP contribution is 2.31. The van der Waals surface area contributed by atoms with Crippen LogP contribution in [0.2, 0.25) is 0 Å². The molecule has 0 saturated carbocycles. The van der Waals surface area contributed by atoms with E-state index in [1.54, 1.807) is 0 Å². The molecule has 0 amide bonds. The van der Waals surface area contributed by atoms with E-state index in [9.17, 15) is 22.7 Å². The van der Waals surface area contributed by atoms with Gasteiger partial charge >= 0.3 is 6.18 Å². The van der Waals surface area contributed by atoms with Crippen LogP contribution in [0, 0.1) is 0 Å². The van der Waals surface area contributed by atoms with E-state index in [-0.39, 0.29) is 12.0 Å². The predicted octanol–water partition coefficient (Wildman–Crippen LogP) is 3.88. The van der Waals surface area contributed by atoms with Crippen molar-refractivity contribution in [3.05, 3.63) is 34.9 Å². The van der Waals surface area contributed by atoms with Crippen molar-refractivity contribution in [3.8, 4) is 0 Å². The standard InChI is InChI=1S/C13H16F4O/c1-2-3-12(18)7-9-4-10(8-14)6-11(5-9)13(15,16)17/h4-6,12,18H,2-3,7-8H2,1H3. The van der Waals surface area contributed by atoms with Gasteiger partial charge in [-0.1, -0.05) is 19.4 Å². The van der Waals surface area contributed by atoms with Crippen molar-refractivity contribution >= 4 is 0 Å². The summed E-state index contributed by atoms with van der Waals surface area (Å²) in [5.41, 5.74) is -0.557. The lowest BCUT2D eigenvalue weighted by Crippen LogP contribution is -2.12. The molecular weight excluding hydrogens is 248 g/mol. The summed E-state index contributed by atoms with van der Waals surface area (Å²) in [6.07, 6.45) is -3.80. The van der Waals surface area contributed by atoms with Gasteiger partial charge < -0.3 is 5.11 Å². The van der Waals surface area contributed by atoms with Crippen molar-refractivity contribution in [2.45, 2.75) is 45.1 Å². The quantitative estimate of drug-likeness (QED) is 0.800. The molecule has 0 spiro atoms. The zero-order chi connectivity index (χ0) is 13.8. The van der Waals surface area contributed by atoms with E-state index >= 15 is 0 Å². The summed E-state index contributed by atoms with van der Waals surface area (Å²) >= 11 is 0. The third kappa shape index (κ3) is 4.29. The SMILES string of the molecule is CCCC(O)Cc1cc(CF)cc(C(F)(F)F)c1. The van der Waals surface area contributed by atoms with Crippen LogP contribution >= 0.6 is 0 Å². The van der Waals surface area contributed by atoms with Gasteiger partial charge in [0.1, 0.15) is 6.67 Å². The largest absolute Gasteiger partial charge is 0.416 e. The molecule has 0 heterocycles. The van der Waals surface area contributed by atoms with Crippen molar-refractivity contribution in [1.29, 1.82) is 0 Å². The first kappa shape index (κ1) is 15.0. The van der Waals surface area contributed by atoms with Gasteiger partial charge in [0.05, 0.1) is 11.7 Å². The normalized spacial score (nSPS) is 13.7. The van der Waals surface area contributed by atoms with Gasteiger partial charge in [0, 0.05) is 0 Å². The minimum absolute atomic E-state index is 0.0106. The second kappa shape index (κ2) is 6.18. The Morgan fingerprint density at radius 1 is 1.17 bits per heavy atom. The number of hydrogen-bond acceptors (Lipinski definition) is 1. The molecule has 102 valence electrons. The minimum atomic E-state index is -4.49. The Morgan fingerprint density at radius 2 is 1.78 bits per heavy atom. The van der Waals surface area contributed by atoms with Crippen LogP contribution in [0.15, 0.2) is 18.2 Å². The first-order valence-electron chi connectivity index (χ1n) is 5.81. The lowest BCUT2D eigenvalue weighted by molar-refractivity contribution is -0.137. The zero-order valence-corrected chi connectivity index (χ0v) is 10.1. The molecule has 1 nitrogen and oxygen atoms in total. The molecule has 1 N–H and O–H groups in total. The van der Waals surface area contributed by atoms with Crippen LogP contribution in [0.5, 0.6) is 0 Å². The molecule has 5 heteroatoms. The Labute approximate surface area is 103 Å². The van der Waals surface area contributed by atoms with E-state index in [1.807, 2.05) is 6.92 Å². The highest BCUT2D eigenvalue weighted by molar-refractivity contribution is 5.32. The number of halogens is 4. The summed E-state index contributed by atoms with van der Waals surface area (Å²) in [4.78, 5) is 0. The van der Waals surface area contributed by atoms with Crippen LogP contribution < -0.4 is 0 Å². The average Bonchev–Trinajstić information content (AvgIpc) is 2.27.